The van der Waals surface area contributed by atoms with E-state index in [4.69, 9.17) is 14.0 Å². The molecule has 0 saturated heterocycles. The molecule has 0 N–H and O–H groups in total. The fourth-order valence-corrected chi connectivity index (χ4v) is 3.60. The number of amides is 1. The SMILES string of the molecule is C=CCn1c(=NC(=O)c2cc(C)on2)sc2c(OC)ccc(OC)c21. The highest BCUT2D eigenvalue weighted by atomic mass is 32.1. The van der Waals surface area contributed by atoms with Gasteiger partial charge < -0.3 is 18.6 Å². The van der Waals surface area contributed by atoms with Gasteiger partial charge in [-0.1, -0.05) is 22.6 Å². The van der Waals surface area contributed by atoms with Gasteiger partial charge in [0, 0.05) is 12.6 Å². The number of nitrogens with zero attached hydrogens (tertiary/aromatic N) is 3. The highest BCUT2D eigenvalue weighted by Gasteiger charge is 2.17. The van der Waals surface area contributed by atoms with E-state index >= 15 is 0 Å². The molecule has 0 aliphatic heterocycles. The minimum atomic E-state index is -0.473. The number of hydrogen-bond acceptors (Lipinski definition) is 6. The summed E-state index contributed by atoms with van der Waals surface area (Å²) >= 11 is 1.34. The van der Waals surface area contributed by atoms with E-state index in [2.05, 4.69) is 16.7 Å². The maximum atomic E-state index is 12.4. The Kier molecular flexibility index (Phi) is 4.71. The number of carbonyl (C=O) groups excluding carboxylic acids is 1. The second-order valence-electron chi connectivity index (χ2n) is 5.17. The van der Waals surface area contributed by atoms with Crippen LogP contribution in [0.1, 0.15) is 16.2 Å². The highest BCUT2D eigenvalue weighted by Crippen LogP contribution is 2.35. The van der Waals surface area contributed by atoms with Crippen molar-refractivity contribution < 1.29 is 18.8 Å². The Morgan fingerprint density at radius 3 is 2.72 bits per heavy atom. The first-order valence-corrected chi connectivity index (χ1v) is 8.28. The summed E-state index contributed by atoms with van der Waals surface area (Å²) in [6.07, 6.45) is 1.73. The van der Waals surface area contributed by atoms with Crippen LogP contribution in [0.5, 0.6) is 11.5 Å². The van der Waals surface area contributed by atoms with Gasteiger partial charge in [-0.15, -0.1) is 6.58 Å². The van der Waals surface area contributed by atoms with Gasteiger partial charge in [-0.25, -0.2) is 0 Å². The number of hydrogen-bond donors (Lipinski definition) is 0. The molecule has 2 heterocycles. The molecule has 0 unspecified atom stereocenters. The topological polar surface area (TPSA) is 78.9 Å². The van der Waals surface area contributed by atoms with Crippen molar-refractivity contribution in [3.05, 3.63) is 47.1 Å². The van der Waals surface area contributed by atoms with Crippen molar-refractivity contribution in [1.82, 2.24) is 9.72 Å². The number of aryl methyl sites for hydroxylation is 1. The molecule has 0 aliphatic carbocycles. The maximum absolute atomic E-state index is 12.4. The zero-order valence-corrected chi connectivity index (χ0v) is 14.9. The summed E-state index contributed by atoms with van der Waals surface area (Å²) < 4.78 is 18.5. The highest BCUT2D eigenvalue weighted by molar-refractivity contribution is 7.16. The molecule has 0 radical (unpaired) electrons. The van der Waals surface area contributed by atoms with Crippen molar-refractivity contribution in [2.24, 2.45) is 4.99 Å². The van der Waals surface area contributed by atoms with Crippen LogP contribution in [0, 0.1) is 6.92 Å². The summed E-state index contributed by atoms with van der Waals surface area (Å²) in [4.78, 5) is 17.1. The third-order valence-corrected chi connectivity index (χ3v) is 4.64. The summed E-state index contributed by atoms with van der Waals surface area (Å²) in [6.45, 7) is 5.96. The van der Waals surface area contributed by atoms with Crippen LogP contribution in [0.4, 0.5) is 0 Å². The normalized spacial score (nSPS) is 11.7. The predicted molar refractivity (Wildman–Crippen MR) is 94.2 cm³/mol. The largest absolute Gasteiger partial charge is 0.495 e. The molecule has 1 amide bonds. The van der Waals surface area contributed by atoms with Gasteiger partial charge in [0.2, 0.25) is 0 Å². The molecule has 0 spiro atoms. The second kappa shape index (κ2) is 6.94. The lowest BCUT2D eigenvalue weighted by molar-refractivity contribution is 0.0989. The van der Waals surface area contributed by atoms with Crippen molar-refractivity contribution in [2.75, 3.05) is 14.2 Å². The number of allylic oxidation sites excluding steroid dienone is 1. The van der Waals surface area contributed by atoms with E-state index in [0.717, 1.165) is 10.2 Å². The summed E-state index contributed by atoms with van der Waals surface area (Å²) in [7, 11) is 3.19. The van der Waals surface area contributed by atoms with E-state index in [9.17, 15) is 4.79 Å². The van der Waals surface area contributed by atoms with Crippen molar-refractivity contribution in [2.45, 2.75) is 13.5 Å². The number of methoxy groups -OCH3 is 2. The lowest BCUT2D eigenvalue weighted by Crippen LogP contribution is -2.16. The Balaban J connectivity index is 2.27. The van der Waals surface area contributed by atoms with E-state index in [1.54, 1.807) is 33.3 Å². The van der Waals surface area contributed by atoms with Crippen LogP contribution in [-0.2, 0) is 6.54 Å². The van der Waals surface area contributed by atoms with Crippen LogP contribution >= 0.6 is 11.3 Å². The Labute approximate surface area is 147 Å². The average Bonchev–Trinajstić information content (AvgIpc) is 3.19. The van der Waals surface area contributed by atoms with Gasteiger partial charge in [0.1, 0.15) is 27.5 Å². The summed E-state index contributed by atoms with van der Waals surface area (Å²) in [5, 5.41) is 3.72. The van der Waals surface area contributed by atoms with Gasteiger partial charge in [0.05, 0.1) is 14.2 Å². The van der Waals surface area contributed by atoms with E-state index in [-0.39, 0.29) is 5.69 Å². The van der Waals surface area contributed by atoms with Gasteiger partial charge in [-0.2, -0.15) is 4.99 Å². The summed E-state index contributed by atoms with van der Waals surface area (Å²) in [6, 6.07) is 5.20. The van der Waals surface area contributed by atoms with Gasteiger partial charge in [-0.05, 0) is 19.1 Å². The summed E-state index contributed by atoms with van der Waals surface area (Å²) in [5.74, 6) is 1.43. The minimum absolute atomic E-state index is 0.166. The maximum Gasteiger partial charge on any atom is 0.301 e. The second-order valence-corrected chi connectivity index (χ2v) is 6.15. The van der Waals surface area contributed by atoms with E-state index < -0.39 is 5.91 Å². The Bertz CT molecular complexity index is 1010. The average molecular weight is 359 g/mol. The number of rotatable bonds is 5. The lowest BCUT2D eigenvalue weighted by Gasteiger charge is -2.08. The standard InChI is InChI=1S/C17H17N3O4S/c1-5-8-20-14-12(22-3)6-7-13(23-4)15(14)25-17(20)18-16(21)11-9-10(2)24-19-11/h5-7,9H,1,8H2,2-4H3. The minimum Gasteiger partial charge on any atom is -0.495 e. The van der Waals surface area contributed by atoms with Crippen molar-refractivity contribution in [3.63, 3.8) is 0 Å². The molecule has 0 atom stereocenters. The number of benzene rings is 1. The van der Waals surface area contributed by atoms with Crippen LogP contribution in [0.2, 0.25) is 0 Å². The van der Waals surface area contributed by atoms with Gasteiger partial charge >= 0.3 is 5.91 Å². The number of thiazole rings is 1. The van der Waals surface area contributed by atoms with Gasteiger partial charge in [0.25, 0.3) is 0 Å². The number of carbonyl (C=O) groups is 1. The third-order valence-electron chi connectivity index (χ3n) is 3.55. The first-order chi connectivity index (χ1) is 12.1. The molecule has 130 valence electrons. The Morgan fingerprint density at radius 2 is 2.12 bits per heavy atom. The fraction of sp³-hybridized carbons (Fsp3) is 0.235. The molecule has 0 aliphatic rings. The van der Waals surface area contributed by atoms with Crippen molar-refractivity contribution >= 4 is 27.5 Å². The number of aromatic nitrogens is 2. The fourth-order valence-electron chi connectivity index (χ4n) is 2.45. The van der Waals surface area contributed by atoms with Crippen LogP contribution in [0.15, 0.2) is 40.4 Å². The molecule has 25 heavy (non-hydrogen) atoms. The van der Waals surface area contributed by atoms with E-state index in [1.165, 1.54) is 11.3 Å². The van der Waals surface area contributed by atoms with Crippen LogP contribution in [0.25, 0.3) is 10.2 Å². The molecular formula is C17H17N3O4S. The van der Waals surface area contributed by atoms with Crippen molar-refractivity contribution in [1.29, 1.82) is 0 Å². The molecule has 3 aromatic rings. The number of ether oxygens (including phenoxy) is 2. The monoisotopic (exact) mass is 359 g/mol. The van der Waals surface area contributed by atoms with Crippen molar-refractivity contribution in [3.8, 4) is 11.5 Å². The summed E-state index contributed by atoms with van der Waals surface area (Å²) in [5.41, 5.74) is 0.966. The molecule has 8 heteroatoms. The molecule has 0 saturated carbocycles. The molecule has 0 fully saturated rings. The van der Waals surface area contributed by atoms with Gasteiger partial charge in [-0.3, -0.25) is 4.79 Å². The molecule has 0 bridgehead atoms. The van der Waals surface area contributed by atoms with E-state index in [1.807, 2.05) is 16.7 Å². The molecule has 3 rings (SSSR count). The molecular weight excluding hydrogens is 342 g/mol. The first kappa shape index (κ1) is 17.0. The zero-order chi connectivity index (χ0) is 18.0. The molecule has 7 nitrogen and oxygen atoms in total. The molecule has 1 aromatic carbocycles. The Morgan fingerprint density at radius 1 is 1.40 bits per heavy atom. The smallest absolute Gasteiger partial charge is 0.301 e. The first-order valence-electron chi connectivity index (χ1n) is 7.46. The van der Waals surface area contributed by atoms with Crippen LogP contribution in [-0.4, -0.2) is 29.9 Å². The zero-order valence-electron chi connectivity index (χ0n) is 14.1. The molecule has 2 aromatic heterocycles. The lowest BCUT2D eigenvalue weighted by atomic mass is 10.3. The third kappa shape index (κ3) is 3.08. The van der Waals surface area contributed by atoms with Crippen LogP contribution < -0.4 is 14.3 Å². The quantitative estimate of drug-likeness (QED) is 0.655. The number of fused-ring (bicyclic) bond motifs is 1. The Hall–Kier alpha value is -2.87. The van der Waals surface area contributed by atoms with Crippen LogP contribution in [0.3, 0.4) is 0 Å². The predicted octanol–water partition coefficient (Wildman–Crippen LogP) is 2.94. The van der Waals surface area contributed by atoms with Gasteiger partial charge in [0.15, 0.2) is 10.5 Å². The van der Waals surface area contributed by atoms with E-state index in [0.29, 0.717) is 28.6 Å².